The summed E-state index contributed by atoms with van der Waals surface area (Å²) in [5.41, 5.74) is 1.75. The van der Waals surface area contributed by atoms with Crippen molar-refractivity contribution < 1.29 is 9.13 Å². The fraction of sp³-hybridized carbons (Fsp3) is 0.600. The summed E-state index contributed by atoms with van der Waals surface area (Å²) in [5.74, 6) is 0.137. The Hall–Kier alpha value is -1.09. The molecule has 0 N–H and O–H groups in total. The van der Waals surface area contributed by atoms with Gasteiger partial charge in [-0.05, 0) is 23.6 Å². The molecule has 1 aliphatic rings. The number of morpholine rings is 1. The van der Waals surface area contributed by atoms with Crippen molar-refractivity contribution in [2.45, 2.75) is 33.6 Å². The standard InChI is InChI=1S/C13H18FNO.C2H6/c1-10(2)12-4-3-11(9-13(12)14)15-5-7-16-8-6-15;1-2/h3-4,9-10H,5-8H2,1-2H3;1-2H3. The highest BCUT2D eigenvalue weighted by molar-refractivity contribution is 5.49. The van der Waals surface area contributed by atoms with E-state index in [4.69, 9.17) is 4.74 Å². The minimum absolute atomic E-state index is 0.0982. The Balaban J connectivity index is 0.000000771. The largest absolute Gasteiger partial charge is 0.378 e. The molecular formula is C15H24FNO. The lowest BCUT2D eigenvalue weighted by atomic mass is 10.0. The number of benzene rings is 1. The van der Waals surface area contributed by atoms with E-state index >= 15 is 0 Å². The van der Waals surface area contributed by atoms with Gasteiger partial charge in [-0.1, -0.05) is 33.8 Å². The van der Waals surface area contributed by atoms with Gasteiger partial charge in [0.2, 0.25) is 0 Å². The summed E-state index contributed by atoms with van der Waals surface area (Å²) < 4.78 is 19.1. The second-order valence-corrected chi connectivity index (χ2v) is 4.46. The summed E-state index contributed by atoms with van der Waals surface area (Å²) >= 11 is 0. The molecule has 0 bridgehead atoms. The zero-order chi connectivity index (χ0) is 13.5. The second kappa shape index (κ2) is 7.37. The zero-order valence-electron chi connectivity index (χ0n) is 11.9. The lowest BCUT2D eigenvalue weighted by molar-refractivity contribution is 0.122. The highest BCUT2D eigenvalue weighted by atomic mass is 19.1. The first-order valence-corrected chi connectivity index (χ1v) is 6.80. The van der Waals surface area contributed by atoms with Crippen molar-refractivity contribution in [3.63, 3.8) is 0 Å². The Kier molecular flexibility index (Phi) is 6.13. The van der Waals surface area contributed by atoms with Gasteiger partial charge in [0.1, 0.15) is 5.82 Å². The Bertz CT molecular complexity index is 360. The van der Waals surface area contributed by atoms with E-state index in [-0.39, 0.29) is 11.7 Å². The predicted molar refractivity (Wildman–Crippen MR) is 74.9 cm³/mol. The van der Waals surface area contributed by atoms with E-state index in [1.807, 2.05) is 39.8 Å². The second-order valence-electron chi connectivity index (χ2n) is 4.46. The first-order valence-electron chi connectivity index (χ1n) is 6.80. The molecule has 0 amide bonds. The van der Waals surface area contributed by atoms with Gasteiger partial charge in [0, 0.05) is 18.8 Å². The van der Waals surface area contributed by atoms with Crippen LogP contribution >= 0.6 is 0 Å². The van der Waals surface area contributed by atoms with E-state index in [0.29, 0.717) is 0 Å². The molecule has 1 heterocycles. The fourth-order valence-electron chi connectivity index (χ4n) is 2.00. The number of halogens is 1. The van der Waals surface area contributed by atoms with Crippen molar-refractivity contribution in [3.8, 4) is 0 Å². The van der Waals surface area contributed by atoms with E-state index < -0.39 is 0 Å². The minimum atomic E-state index is -0.0982. The molecule has 1 aliphatic heterocycles. The van der Waals surface area contributed by atoms with Crippen molar-refractivity contribution >= 4 is 5.69 Å². The Morgan fingerprint density at radius 2 is 1.78 bits per heavy atom. The monoisotopic (exact) mass is 253 g/mol. The SMILES string of the molecule is CC.CC(C)c1ccc(N2CCOCC2)cc1F. The lowest BCUT2D eigenvalue weighted by Gasteiger charge is -2.29. The van der Waals surface area contributed by atoms with Crippen LogP contribution in [0.4, 0.5) is 10.1 Å². The van der Waals surface area contributed by atoms with Crippen molar-refractivity contribution in [2.75, 3.05) is 31.2 Å². The molecule has 18 heavy (non-hydrogen) atoms. The molecule has 1 saturated heterocycles. The van der Waals surface area contributed by atoms with E-state index in [1.54, 1.807) is 6.07 Å². The first-order chi connectivity index (χ1) is 8.68. The molecule has 1 aromatic carbocycles. The van der Waals surface area contributed by atoms with Gasteiger partial charge in [0.05, 0.1) is 13.2 Å². The number of hydrogen-bond acceptors (Lipinski definition) is 2. The molecule has 102 valence electrons. The Labute approximate surface area is 110 Å². The summed E-state index contributed by atoms with van der Waals surface area (Å²) in [6.07, 6.45) is 0. The van der Waals surface area contributed by atoms with Crippen LogP contribution in [0.25, 0.3) is 0 Å². The van der Waals surface area contributed by atoms with Gasteiger partial charge in [0.25, 0.3) is 0 Å². The lowest BCUT2D eigenvalue weighted by Crippen LogP contribution is -2.36. The number of nitrogens with zero attached hydrogens (tertiary/aromatic N) is 1. The maximum absolute atomic E-state index is 13.8. The first kappa shape index (κ1) is 15.0. The van der Waals surface area contributed by atoms with E-state index in [1.165, 1.54) is 0 Å². The van der Waals surface area contributed by atoms with Crippen molar-refractivity contribution in [3.05, 3.63) is 29.6 Å². The van der Waals surface area contributed by atoms with Gasteiger partial charge in [-0.15, -0.1) is 0 Å². The van der Waals surface area contributed by atoms with Crippen LogP contribution in [0.15, 0.2) is 18.2 Å². The predicted octanol–water partition coefficient (Wildman–Crippen LogP) is 3.81. The van der Waals surface area contributed by atoms with Crippen LogP contribution in [0.5, 0.6) is 0 Å². The van der Waals surface area contributed by atoms with Gasteiger partial charge in [-0.3, -0.25) is 0 Å². The van der Waals surface area contributed by atoms with Gasteiger partial charge >= 0.3 is 0 Å². The highest BCUT2D eigenvalue weighted by Crippen LogP contribution is 2.24. The molecule has 2 nitrogen and oxygen atoms in total. The average molecular weight is 253 g/mol. The van der Waals surface area contributed by atoms with Gasteiger partial charge in [-0.2, -0.15) is 0 Å². The maximum Gasteiger partial charge on any atom is 0.128 e. The van der Waals surface area contributed by atoms with Crippen LogP contribution in [0, 0.1) is 5.82 Å². The number of ether oxygens (including phenoxy) is 1. The highest BCUT2D eigenvalue weighted by Gasteiger charge is 2.13. The van der Waals surface area contributed by atoms with Crippen molar-refractivity contribution in [1.29, 1.82) is 0 Å². The van der Waals surface area contributed by atoms with Crippen LogP contribution in [0.1, 0.15) is 39.2 Å². The van der Waals surface area contributed by atoms with Gasteiger partial charge in [0.15, 0.2) is 0 Å². The molecule has 2 rings (SSSR count). The number of rotatable bonds is 2. The van der Waals surface area contributed by atoms with E-state index in [0.717, 1.165) is 37.6 Å². The molecule has 3 heteroatoms. The summed E-state index contributed by atoms with van der Waals surface area (Å²) in [6, 6.07) is 5.54. The van der Waals surface area contributed by atoms with Crippen molar-refractivity contribution in [2.24, 2.45) is 0 Å². The van der Waals surface area contributed by atoms with Crippen LogP contribution in [0.3, 0.4) is 0 Å². The topological polar surface area (TPSA) is 12.5 Å². The fourth-order valence-corrected chi connectivity index (χ4v) is 2.00. The van der Waals surface area contributed by atoms with Crippen LogP contribution in [0.2, 0.25) is 0 Å². The molecule has 0 radical (unpaired) electrons. The van der Waals surface area contributed by atoms with Gasteiger partial charge in [-0.25, -0.2) is 4.39 Å². The summed E-state index contributed by atoms with van der Waals surface area (Å²) in [5, 5.41) is 0. The molecule has 0 unspecified atom stereocenters. The summed E-state index contributed by atoms with van der Waals surface area (Å²) in [7, 11) is 0. The maximum atomic E-state index is 13.8. The third-order valence-corrected chi connectivity index (χ3v) is 2.98. The molecule has 1 aromatic rings. The molecule has 0 aromatic heterocycles. The van der Waals surface area contributed by atoms with E-state index in [2.05, 4.69) is 4.90 Å². The number of anilines is 1. The van der Waals surface area contributed by atoms with Crippen LogP contribution in [-0.4, -0.2) is 26.3 Å². The third-order valence-electron chi connectivity index (χ3n) is 2.98. The molecule has 0 spiro atoms. The molecule has 0 atom stereocenters. The molecule has 0 saturated carbocycles. The van der Waals surface area contributed by atoms with Crippen LogP contribution in [-0.2, 0) is 4.74 Å². The Morgan fingerprint density at radius 1 is 1.17 bits per heavy atom. The van der Waals surface area contributed by atoms with Gasteiger partial charge < -0.3 is 9.64 Å². The number of hydrogen-bond donors (Lipinski definition) is 0. The van der Waals surface area contributed by atoms with E-state index in [9.17, 15) is 4.39 Å². The quantitative estimate of drug-likeness (QED) is 0.794. The van der Waals surface area contributed by atoms with Crippen LogP contribution < -0.4 is 4.90 Å². The average Bonchev–Trinajstić information content (AvgIpc) is 2.41. The normalized spacial score (nSPS) is 15.3. The summed E-state index contributed by atoms with van der Waals surface area (Å²) in [6.45, 7) is 11.2. The molecule has 0 aliphatic carbocycles. The summed E-state index contributed by atoms with van der Waals surface area (Å²) in [4.78, 5) is 2.16. The van der Waals surface area contributed by atoms with Crippen molar-refractivity contribution in [1.82, 2.24) is 0 Å². The Morgan fingerprint density at radius 3 is 2.28 bits per heavy atom. The molecular weight excluding hydrogens is 229 g/mol. The smallest absolute Gasteiger partial charge is 0.128 e. The third kappa shape index (κ3) is 3.70. The zero-order valence-corrected chi connectivity index (χ0v) is 11.9. The minimum Gasteiger partial charge on any atom is -0.378 e. The molecule has 1 fully saturated rings.